The van der Waals surface area contributed by atoms with Crippen LogP contribution in [0.25, 0.3) is 0 Å². The van der Waals surface area contributed by atoms with Crippen molar-refractivity contribution >= 4 is 10.0 Å². The molecule has 6 heteroatoms. The van der Waals surface area contributed by atoms with Gasteiger partial charge in [0.05, 0.1) is 24.0 Å². The van der Waals surface area contributed by atoms with Crippen LogP contribution in [0.2, 0.25) is 0 Å². The summed E-state index contributed by atoms with van der Waals surface area (Å²) in [5.41, 5.74) is 2.32. The van der Waals surface area contributed by atoms with E-state index >= 15 is 0 Å². The van der Waals surface area contributed by atoms with Crippen molar-refractivity contribution in [1.29, 1.82) is 5.26 Å². The molecule has 0 saturated carbocycles. The average Bonchev–Trinajstić information content (AvgIpc) is 2.34. The van der Waals surface area contributed by atoms with Gasteiger partial charge < -0.3 is 4.74 Å². The molecule has 0 spiro atoms. The minimum Gasteiger partial charge on any atom is -0.493 e. The second-order valence-corrected chi connectivity index (χ2v) is 7.35. The Morgan fingerprint density at radius 2 is 1.81 bits per heavy atom. The third-order valence-electron chi connectivity index (χ3n) is 3.42. The summed E-state index contributed by atoms with van der Waals surface area (Å²) in [4.78, 5) is 0. The number of hydrogen-bond acceptors (Lipinski definition) is 4. The van der Waals surface area contributed by atoms with E-state index in [0.717, 1.165) is 11.1 Å². The Morgan fingerprint density at radius 1 is 1.29 bits per heavy atom. The number of nitriles is 1. The Hall–Kier alpha value is -1.58. The molecule has 2 N–H and O–H groups in total. The monoisotopic (exact) mass is 310 g/mol. The first kappa shape index (κ1) is 17.5. The van der Waals surface area contributed by atoms with Gasteiger partial charge in [0.25, 0.3) is 0 Å². The molecule has 0 aliphatic carbocycles. The van der Waals surface area contributed by atoms with Gasteiger partial charge in [0.15, 0.2) is 0 Å². The molecule has 21 heavy (non-hydrogen) atoms. The second kappa shape index (κ2) is 6.92. The maximum absolute atomic E-state index is 11.3. The van der Waals surface area contributed by atoms with Crippen molar-refractivity contribution in [2.24, 2.45) is 17.0 Å². The molecule has 0 aliphatic heterocycles. The predicted molar refractivity (Wildman–Crippen MR) is 82.4 cm³/mol. The molecule has 1 aromatic rings. The number of sulfonamides is 1. The van der Waals surface area contributed by atoms with Gasteiger partial charge in [-0.05, 0) is 43.0 Å². The Balaban J connectivity index is 2.89. The van der Waals surface area contributed by atoms with E-state index in [4.69, 9.17) is 15.1 Å². The fourth-order valence-corrected chi connectivity index (χ4v) is 3.24. The second-order valence-electron chi connectivity index (χ2n) is 5.70. The zero-order valence-corrected chi connectivity index (χ0v) is 13.7. The summed E-state index contributed by atoms with van der Waals surface area (Å²) in [7, 11) is -3.53. The van der Waals surface area contributed by atoms with Crippen molar-refractivity contribution < 1.29 is 13.2 Å². The van der Waals surface area contributed by atoms with Crippen LogP contribution >= 0.6 is 0 Å². The number of aryl methyl sites for hydroxylation is 2. The molecule has 0 bridgehead atoms. The van der Waals surface area contributed by atoms with Gasteiger partial charge in [0.2, 0.25) is 10.0 Å². The highest BCUT2D eigenvalue weighted by molar-refractivity contribution is 7.89. The topological polar surface area (TPSA) is 93.2 Å². The Bertz CT molecular complexity index is 622. The van der Waals surface area contributed by atoms with E-state index in [-0.39, 0.29) is 24.2 Å². The number of nitrogens with zero attached hydrogens (tertiary/aromatic N) is 1. The maximum atomic E-state index is 11.3. The van der Waals surface area contributed by atoms with E-state index in [1.54, 1.807) is 12.1 Å². The Kier molecular flexibility index (Phi) is 5.76. The van der Waals surface area contributed by atoms with Crippen LogP contribution in [0.5, 0.6) is 5.75 Å². The number of primary sulfonamides is 1. The van der Waals surface area contributed by atoms with E-state index in [1.807, 2.05) is 27.7 Å². The third-order valence-corrected chi connectivity index (χ3v) is 4.31. The van der Waals surface area contributed by atoms with Gasteiger partial charge in [-0.15, -0.1) is 0 Å². The standard InChI is InChI=1S/C15H22N2O3S/c1-10(2)14(9-21(17,18)19)8-20-15-11(3)5-13(7-16)6-12(15)4/h5-6,10,14H,8-9H2,1-4H3,(H2,17,18,19). The summed E-state index contributed by atoms with van der Waals surface area (Å²) in [6.07, 6.45) is 0. The van der Waals surface area contributed by atoms with Gasteiger partial charge in [-0.1, -0.05) is 13.8 Å². The lowest BCUT2D eigenvalue weighted by Crippen LogP contribution is -2.30. The van der Waals surface area contributed by atoms with Crippen molar-refractivity contribution in [2.75, 3.05) is 12.4 Å². The first-order chi connectivity index (χ1) is 9.64. The molecular formula is C15H22N2O3S. The van der Waals surface area contributed by atoms with Crippen LogP contribution in [-0.4, -0.2) is 20.8 Å². The molecule has 0 heterocycles. The van der Waals surface area contributed by atoms with Gasteiger partial charge >= 0.3 is 0 Å². The minimum absolute atomic E-state index is 0.0982. The molecule has 0 amide bonds. The highest BCUT2D eigenvalue weighted by Gasteiger charge is 2.21. The van der Waals surface area contributed by atoms with Crippen LogP contribution in [0.1, 0.15) is 30.5 Å². The van der Waals surface area contributed by atoms with Gasteiger partial charge in [-0.25, -0.2) is 13.6 Å². The summed E-state index contributed by atoms with van der Waals surface area (Å²) in [5, 5.41) is 14.0. The van der Waals surface area contributed by atoms with E-state index < -0.39 is 10.0 Å². The summed E-state index contributed by atoms with van der Waals surface area (Å²) in [6.45, 7) is 7.90. The van der Waals surface area contributed by atoms with Crippen LogP contribution in [0, 0.1) is 37.0 Å². The number of rotatable bonds is 6. The Labute approximate surface area is 126 Å². The lowest BCUT2D eigenvalue weighted by molar-refractivity contribution is 0.222. The zero-order valence-electron chi connectivity index (χ0n) is 12.9. The predicted octanol–water partition coefficient (Wildman–Crippen LogP) is 2.11. The van der Waals surface area contributed by atoms with Gasteiger partial charge in [-0.2, -0.15) is 5.26 Å². The fraction of sp³-hybridized carbons (Fsp3) is 0.533. The molecule has 0 saturated heterocycles. The lowest BCUT2D eigenvalue weighted by atomic mass is 9.99. The van der Waals surface area contributed by atoms with Crippen molar-refractivity contribution in [3.05, 3.63) is 28.8 Å². The molecule has 1 atom stereocenters. The van der Waals surface area contributed by atoms with Gasteiger partial charge in [0.1, 0.15) is 5.75 Å². The number of benzene rings is 1. The SMILES string of the molecule is Cc1cc(C#N)cc(C)c1OCC(CS(N)(=O)=O)C(C)C. The first-order valence-corrected chi connectivity index (χ1v) is 8.50. The minimum atomic E-state index is -3.53. The molecule has 5 nitrogen and oxygen atoms in total. The van der Waals surface area contributed by atoms with E-state index in [1.165, 1.54) is 0 Å². The van der Waals surface area contributed by atoms with E-state index in [9.17, 15) is 8.42 Å². The zero-order chi connectivity index (χ0) is 16.2. The summed E-state index contributed by atoms with van der Waals surface area (Å²) in [6, 6.07) is 5.61. The molecule has 0 fully saturated rings. The smallest absolute Gasteiger partial charge is 0.209 e. The molecule has 1 rings (SSSR count). The summed E-state index contributed by atoms with van der Waals surface area (Å²) in [5.74, 6) is 0.574. The van der Waals surface area contributed by atoms with Crippen LogP contribution < -0.4 is 9.88 Å². The van der Waals surface area contributed by atoms with Crippen LogP contribution in [0.4, 0.5) is 0 Å². The lowest BCUT2D eigenvalue weighted by Gasteiger charge is -2.21. The molecule has 0 aliphatic rings. The molecular weight excluding hydrogens is 288 g/mol. The highest BCUT2D eigenvalue weighted by Crippen LogP contribution is 2.26. The van der Waals surface area contributed by atoms with Crippen LogP contribution in [-0.2, 0) is 10.0 Å². The molecule has 0 aromatic heterocycles. The van der Waals surface area contributed by atoms with Crippen LogP contribution in [0.15, 0.2) is 12.1 Å². The molecule has 0 radical (unpaired) electrons. The maximum Gasteiger partial charge on any atom is 0.209 e. The van der Waals surface area contributed by atoms with Gasteiger partial charge in [0, 0.05) is 5.92 Å². The van der Waals surface area contributed by atoms with Crippen molar-refractivity contribution in [1.82, 2.24) is 0 Å². The van der Waals surface area contributed by atoms with Crippen LogP contribution in [0.3, 0.4) is 0 Å². The van der Waals surface area contributed by atoms with Crippen molar-refractivity contribution in [3.63, 3.8) is 0 Å². The normalized spacial score (nSPS) is 13.0. The van der Waals surface area contributed by atoms with Gasteiger partial charge in [-0.3, -0.25) is 0 Å². The first-order valence-electron chi connectivity index (χ1n) is 6.78. The average molecular weight is 310 g/mol. The molecule has 1 aromatic carbocycles. The van der Waals surface area contributed by atoms with E-state index in [2.05, 4.69) is 6.07 Å². The third kappa shape index (κ3) is 5.37. The summed E-state index contributed by atoms with van der Waals surface area (Å²) >= 11 is 0. The quantitative estimate of drug-likeness (QED) is 0.870. The Morgan fingerprint density at radius 3 is 2.19 bits per heavy atom. The summed E-state index contributed by atoms with van der Waals surface area (Å²) < 4.78 is 28.3. The fourth-order valence-electron chi connectivity index (χ4n) is 2.16. The molecule has 1 unspecified atom stereocenters. The number of ether oxygens (including phenoxy) is 1. The number of nitrogens with two attached hydrogens (primary N) is 1. The van der Waals surface area contributed by atoms with E-state index in [0.29, 0.717) is 11.3 Å². The number of hydrogen-bond donors (Lipinski definition) is 1. The highest BCUT2D eigenvalue weighted by atomic mass is 32.2. The van der Waals surface area contributed by atoms with Crippen molar-refractivity contribution in [3.8, 4) is 11.8 Å². The largest absolute Gasteiger partial charge is 0.493 e. The van der Waals surface area contributed by atoms with Crippen molar-refractivity contribution in [2.45, 2.75) is 27.7 Å². The molecule has 116 valence electrons.